The molecule has 27 heavy (non-hydrogen) atoms. The number of nitrogens with zero attached hydrogens (tertiary/aromatic N) is 2. The lowest BCUT2D eigenvalue weighted by Gasteiger charge is -2.07. The molecule has 2 N–H and O–H groups in total. The molecule has 0 atom stereocenters. The Kier molecular flexibility index (Phi) is 4.94. The Hall–Kier alpha value is -3.61. The van der Waals surface area contributed by atoms with Crippen LogP contribution in [-0.2, 0) is 7.05 Å². The lowest BCUT2D eigenvalue weighted by atomic mass is 10.1. The summed E-state index contributed by atoms with van der Waals surface area (Å²) in [6.45, 7) is 1.66. The number of carbonyl (C=O) groups is 2. The second kappa shape index (κ2) is 7.33. The molecule has 7 nitrogen and oxygen atoms in total. The number of aromatic nitrogens is 2. The summed E-state index contributed by atoms with van der Waals surface area (Å²) < 4.78 is 3.12. The van der Waals surface area contributed by atoms with Crippen molar-refractivity contribution >= 4 is 17.4 Å². The molecule has 0 unspecified atom stereocenters. The average molecular weight is 365 g/mol. The van der Waals surface area contributed by atoms with Crippen LogP contribution in [0.3, 0.4) is 0 Å². The minimum atomic E-state index is -1.01. The summed E-state index contributed by atoms with van der Waals surface area (Å²) in [6.07, 6.45) is 0. The summed E-state index contributed by atoms with van der Waals surface area (Å²) in [5.41, 5.74) is 1.80. The van der Waals surface area contributed by atoms with Gasteiger partial charge in [0.2, 0.25) is 0 Å². The number of hydrogen-bond acceptors (Lipinski definition) is 4. The first kappa shape index (κ1) is 18.2. The van der Waals surface area contributed by atoms with E-state index in [0.29, 0.717) is 17.1 Å². The molecule has 0 aliphatic rings. The van der Waals surface area contributed by atoms with Gasteiger partial charge in [-0.1, -0.05) is 18.2 Å². The highest BCUT2D eigenvalue weighted by Crippen LogP contribution is 2.12. The van der Waals surface area contributed by atoms with Crippen LogP contribution in [0, 0.1) is 6.92 Å². The summed E-state index contributed by atoms with van der Waals surface area (Å²) >= 11 is 0. The first-order valence-corrected chi connectivity index (χ1v) is 8.34. The van der Waals surface area contributed by atoms with Crippen LogP contribution >= 0.6 is 0 Å². The molecular weight excluding hydrogens is 346 g/mol. The number of para-hydroxylation sites is 1. The molecule has 0 amide bonds. The number of nitrogens with one attached hydrogen (secondary N) is 1. The number of aromatic carboxylic acids is 1. The van der Waals surface area contributed by atoms with Gasteiger partial charge in [-0.15, -0.1) is 0 Å². The number of benzene rings is 2. The van der Waals surface area contributed by atoms with E-state index < -0.39 is 5.97 Å². The van der Waals surface area contributed by atoms with Gasteiger partial charge >= 0.3 is 5.97 Å². The van der Waals surface area contributed by atoms with Crippen molar-refractivity contribution in [3.63, 3.8) is 0 Å². The second-order valence-corrected chi connectivity index (χ2v) is 6.10. The maximum absolute atomic E-state index is 12.8. The van der Waals surface area contributed by atoms with Crippen LogP contribution < -0.4 is 10.9 Å². The highest BCUT2D eigenvalue weighted by atomic mass is 16.4. The van der Waals surface area contributed by atoms with Gasteiger partial charge in [-0.3, -0.25) is 14.3 Å². The van der Waals surface area contributed by atoms with Crippen LogP contribution in [0.2, 0.25) is 0 Å². The van der Waals surface area contributed by atoms with Gasteiger partial charge in [0.25, 0.3) is 5.56 Å². The lowest BCUT2D eigenvalue weighted by Crippen LogP contribution is -2.25. The van der Waals surface area contributed by atoms with Gasteiger partial charge < -0.3 is 10.4 Å². The van der Waals surface area contributed by atoms with Gasteiger partial charge in [-0.25, -0.2) is 9.48 Å². The van der Waals surface area contributed by atoms with E-state index >= 15 is 0 Å². The van der Waals surface area contributed by atoms with E-state index in [-0.39, 0.29) is 29.0 Å². The van der Waals surface area contributed by atoms with Gasteiger partial charge in [0, 0.05) is 18.4 Å². The van der Waals surface area contributed by atoms with Gasteiger partial charge in [0.05, 0.1) is 17.8 Å². The SMILES string of the molecule is Cc1c(C(=O)CNc2ccc(C(=O)O)cc2)c(=O)n(-c2ccccc2)n1C. The quantitative estimate of drug-likeness (QED) is 0.655. The van der Waals surface area contributed by atoms with Crippen molar-refractivity contribution in [2.24, 2.45) is 7.05 Å². The maximum Gasteiger partial charge on any atom is 0.335 e. The standard InChI is InChI=1S/C20H19N3O4/c1-13-18(19(25)23(22(13)2)16-6-4-3-5-7-16)17(24)12-21-15-10-8-14(9-11-15)20(26)27/h3-11,21H,12H2,1-2H3,(H,26,27). The first-order chi connectivity index (χ1) is 12.9. The third kappa shape index (κ3) is 3.52. The average Bonchev–Trinajstić information content (AvgIpc) is 2.89. The van der Waals surface area contributed by atoms with Crippen LogP contribution in [0.4, 0.5) is 5.69 Å². The summed E-state index contributed by atoms with van der Waals surface area (Å²) in [5.74, 6) is -1.34. The molecular formula is C20H19N3O4. The minimum Gasteiger partial charge on any atom is -0.478 e. The normalized spacial score (nSPS) is 10.6. The number of rotatable bonds is 6. The molecule has 1 aromatic heterocycles. The molecule has 0 fully saturated rings. The zero-order chi connectivity index (χ0) is 19.6. The van der Waals surface area contributed by atoms with Crippen molar-refractivity contribution < 1.29 is 14.7 Å². The number of hydrogen-bond donors (Lipinski definition) is 2. The molecule has 0 bridgehead atoms. The van der Waals surface area contributed by atoms with Gasteiger partial charge in [-0.2, -0.15) is 0 Å². The fraction of sp³-hybridized carbons (Fsp3) is 0.150. The third-order valence-corrected chi connectivity index (χ3v) is 4.42. The highest BCUT2D eigenvalue weighted by molar-refractivity contribution is 5.99. The molecule has 0 saturated carbocycles. The number of carboxylic acids is 1. The van der Waals surface area contributed by atoms with Crippen LogP contribution in [-0.4, -0.2) is 32.8 Å². The van der Waals surface area contributed by atoms with Crippen molar-refractivity contribution in [2.75, 3.05) is 11.9 Å². The molecule has 0 radical (unpaired) electrons. The van der Waals surface area contributed by atoms with Crippen molar-refractivity contribution in [1.82, 2.24) is 9.36 Å². The van der Waals surface area contributed by atoms with E-state index in [2.05, 4.69) is 5.32 Å². The van der Waals surface area contributed by atoms with Crippen LogP contribution in [0.25, 0.3) is 5.69 Å². The smallest absolute Gasteiger partial charge is 0.335 e. The van der Waals surface area contributed by atoms with Crippen molar-refractivity contribution in [3.8, 4) is 5.69 Å². The molecule has 3 rings (SSSR count). The Bertz CT molecular complexity index is 1050. The van der Waals surface area contributed by atoms with Crippen LogP contribution in [0.1, 0.15) is 26.4 Å². The molecule has 7 heteroatoms. The number of Topliss-reactive ketones (excluding diaryl/α,β-unsaturated/α-hetero) is 1. The van der Waals surface area contributed by atoms with Gasteiger partial charge in [-0.05, 0) is 43.3 Å². The van der Waals surface area contributed by atoms with Crippen LogP contribution in [0.15, 0.2) is 59.4 Å². The van der Waals surface area contributed by atoms with Crippen molar-refractivity contribution in [2.45, 2.75) is 6.92 Å². The molecule has 2 aromatic carbocycles. The Balaban J connectivity index is 1.83. The van der Waals surface area contributed by atoms with Gasteiger partial charge in [0.15, 0.2) is 5.78 Å². The largest absolute Gasteiger partial charge is 0.478 e. The van der Waals surface area contributed by atoms with Crippen molar-refractivity contribution in [3.05, 3.63) is 81.8 Å². The number of carbonyl (C=O) groups excluding carboxylic acids is 1. The predicted molar refractivity (Wildman–Crippen MR) is 102 cm³/mol. The molecule has 0 aliphatic carbocycles. The zero-order valence-electron chi connectivity index (χ0n) is 15.0. The van der Waals surface area contributed by atoms with E-state index in [4.69, 9.17) is 5.11 Å². The van der Waals surface area contributed by atoms with Gasteiger partial charge in [0.1, 0.15) is 5.56 Å². The van der Waals surface area contributed by atoms with E-state index in [9.17, 15) is 14.4 Å². The highest BCUT2D eigenvalue weighted by Gasteiger charge is 2.21. The fourth-order valence-electron chi connectivity index (χ4n) is 2.89. The van der Waals surface area contributed by atoms with Crippen molar-refractivity contribution in [1.29, 1.82) is 0 Å². The summed E-state index contributed by atoms with van der Waals surface area (Å²) in [6, 6.07) is 15.2. The monoisotopic (exact) mass is 365 g/mol. The Morgan fingerprint density at radius 2 is 1.67 bits per heavy atom. The fourth-order valence-corrected chi connectivity index (χ4v) is 2.89. The molecule has 138 valence electrons. The van der Waals surface area contributed by atoms with E-state index in [1.165, 1.54) is 16.8 Å². The number of ketones is 1. The molecule has 0 spiro atoms. The molecule has 0 saturated heterocycles. The third-order valence-electron chi connectivity index (χ3n) is 4.42. The number of anilines is 1. The first-order valence-electron chi connectivity index (χ1n) is 8.34. The summed E-state index contributed by atoms with van der Waals surface area (Å²) in [7, 11) is 1.73. The predicted octanol–water partition coefficient (Wildman–Crippen LogP) is 2.48. The second-order valence-electron chi connectivity index (χ2n) is 6.10. The topological polar surface area (TPSA) is 93.3 Å². The van der Waals surface area contributed by atoms with E-state index in [0.717, 1.165) is 0 Å². The zero-order valence-corrected chi connectivity index (χ0v) is 15.0. The van der Waals surface area contributed by atoms with Crippen LogP contribution in [0.5, 0.6) is 0 Å². The Labute approximate surface area is 155 Å². The summed E-state index contributed by atoms with van der Waals surface area (Å²) in [5, 5.41) is 11.8. The Morgan fingerprint density at radius 3 is 2.26 bits per heavy atom. The maximum atomic E-state index is 12.8. The number of carboxylic acid groups (broad SMARTS) is 1. The Morgan fingerprint density at radius 1 is 1.04 bits per heavy atom. The minimum absolute atomic E-state index is 0.0682. The molecule has 0 aliphatic heterocycles. The van der Waals surface area contributed by atoms with E-state index in [1.807, 2.05) is 18.2 Å². The van der Waals surface area contributed by atoms with E-state index in [1.54, 1.807) is 42.9 Å². The lowest BCUT2D eigenvalue weighted by molar-refractivity contribution is 0.0696. The molecule has 1 heterocycles. The summed E-state index contributed by atoms with van der Waals surface area (Å²) in [4.78, 5) is 36.3. The molecule has 3 aromatic rings.